The van der Waals surface area contributed by atoms with Gasteiger partial charge in [0.05, 0.1) is 17.7 Å². The van der Waals surface area contributed by atoms with Gasteiger partial charge in [0, 0.05) is 5.69 Å². The van der Waals surface area contributed by atoms with Crippen molar-refractivity contribution < 1.29 is 4.79 Å². The Morgan fingerprint density at radius 1 is 1.38 bits per heavy atom. The van der Waals surface area contributed by atoms with Crippen LogP contribution >= 0.6 is 0 Å². The predicted molar refractivity (Wildman–Crippen MR) is 62.6 cm³/mol. The van der Waals surface area contributed by atoms with Crippen LogP contribution in [-0.4, -0.2) is 15.7 Å². The minimum Gasteiger partial charge on any atom is -0.294 e. The number of amides is 1. The summed E-state index contributed by atoms with van der Waals surface area (Å²) in [6.45, 7) is 9.84. The molecule has 1 heterocycles. The van der Waals surface area contributed by atoms with Crippen molar-refractivity contribution in [2.24, 2.45) is 11.8 Å². The molecule has 90 valence electrons. The summed E-state index contributed by atoms with van der Waals surface area (Å²) in [4.78, 5) is 11.5. The minimum absolute atomic E-state index is 0.00375. The lowest BCUT2D eigenvalue weighted by atomic mass is 10.0. The number of hydrazine groups is 1. The molecule has 16 heavy (non-hydrogen) atoms. The molecule has 0 spiro atoms. The van der Waals surface area contributed by atoms with E-state index in [-0.39, 0.29) is 17.9 Å². The van der Waals surface area contributed by atoms with E-state index in [9.17, 15) is 4.79 Å². The van der Waals surface area contributed by atoms with E-state index in [2.05, 4.69) is 10.5 Å². The van der Waals surface area contributed by atoms with Crippen LogP contribution in [0.3, 0.4) is 0 Å². The van der Waals surface area contributed by atoms with E-state index in [0.29, 0.717) is 0 Å². The monoisotopic (exact) mass is 224 g/mol. The third-order valence-electron chi connectivity index (χ3n) is 3.35. The van der Waals surface area contributed by atoms with E-state index in [1.54, 1.807) is 0 Å². The molecule has 1 aromatic heterocycles. The van der Waals surface area contributed by atoms with Crippen molar-refractivity contribution >= 4 is 5.91 Å². The quantitative estimate of drug-likeness (QED) is 0.457. The van der Waals surface area contributed by atoms with Crippen molar-refractivity contribution in [3.8, 4) is 0 Å². The first-order valence-corrected chi connectivity index (χ1v) is 5.42. The summed E-state index contributed by atoms with van der Waals surface area (Å²) in [5, 5.41) is 4.44. The molecule has 0 aromatic carbocycles. The summed E-state index contributed by atoms with van der Waals surface area (Å²) in [5.41, 5.74) is 5.45. The average Bonchev–Trinajstić information content (AvgIpc) is 2.54. The highest BCUT2D eigenvalue weighted by atomic mass is 16.2. The molecule has 0 aliphatic carbocycles. The summed E-state index contributed by atoms with van der Waals surface area (Å²) in [5.74, 6) is 4.76. The molecule has 0 fully saturated rings. The first kappa shape index (κ1) is 12.7. The smallest absolute Gasteiger partial charge is 0.238 e. The van der Waals surface area contributed by atoms with Gasteiger partial charge in [-0.15, -0.1) is 0 Å². The molecule has 1 amide bonds. The number of nitrogens with zero attached hydrogens (tertiary/aromatic N) is 2. The van der Waals surface area contributed by atoms with Gasteiger partial charge in [-0.3, -0.25) is 14.9 Å². The van der Waals surface area contributed by atoms with Gasteiger partial charge in [0.2, 0.25) is 5.91 Å². The molecule has 1 aromatic rings. The van der Waals surface area contributed by atoms with E-state index in [4.69, 9.17) is 5.84 Å². The van der Waals surface area contributed by atoms with Gasteiger partial charge in [0.1, 0.15) is 0 Å². The molecule has 0 aliphatic rings. The first-order valence-electron chi connectivity index (χ1n) is 5.42. The number of aryl methyl sites for hydroxylation is 1. The minimum atomic E-state index is -0.206. The van der Waals surface area contributed by atoms with Gasteiger partial charge in [-0.25, -0.2) is 5.84 Å². The lowest BCUT2D eigenvalue weighted by Crippen LogP contribution is -2.38. The predicted octanol–water partition coefficient (Wildman–Crippen LogP) is 0.995. The maximum Gasteiger partial charge on any atom is 0.238 e. The van der Waals surface area contributed by atoms with E-state index in [0.717, 1.165) is 11.4 Å². The number of hydrogen-bond acceptors (Lipinski definition) is 3. The summed E-state index contributed by atoms with van der Waals surface area (Å²) >= 11 is 0. The molecule has 0 saturated carbocycles. The number of hydrogen-bond donors (Lipinski definition) is 2. The number of carbonyl (C=O) groups excluding carboxylic acids is 1. The van der Waals surface area contributed by atoms with Crippen molar-refractivity contribution in [2.75, 3.05) is 0 Å². The van der Waals surface area contributed by atoms with Gasteiger partial charge in [-0.1, -0.05) is 6.92 Å². The third kappa shape index (κ3) is 2.09. The van der Waals surface area contributed by atoms with Crippen LogP contribution in [0.5, 0.6) is 0 Å². The number of nitrogens with two attached hydrogens (primary N) is 1. The van der Waals surface area contributed by atoms with Crippen molar-refractivity contribution in [3.63, 3.8) is 0 Å². The van der Waals surface area contributed by atoms with E-state index in [1.807, 2.05) is 39.3 Å². The van der Waals surface area contributed by atoms with E-state index >= 15 is 0 Å². The molecule has 2 unspecified atom stereocenters. The Morgan fingerprint density at radius 2 is 1.94 bits per heavy atom. The Bertz CT molecular complexity index is 397. The number of rotatable bonds is 3. The fourth-order valence-corrected chi connectivity index (χ4v) is 1.70. The second-order valence-corrected chi connectivity index (χ2v) is 4.28. The van der Waals surface area contributed by atoms with Crippen LogP contribution in [0.25, 0.3) is 0 Å². The zero-order valence-electron chi connectivity index (χ0n) is 10.5. The van der Waals surface area contributed by atoms with Crippen LogP contribution in [-0.2, 0) is 4.79 Å². The second kappa shape index (κ2) is 4.65. The number of aromatic nitrogens is 2. The fourth-order valence-electron chi connectivity index (χ4n) is 1.70. The van der Waals surface area contributed by atoms with E-state index in [1.165, 1.54) is 5.56 Å². The molecule has 0 radical (unpaired) electrons. The van der Waals surface area contributed by atoms with Crippen molar-refractivity contribution in [3.05, 3.63) is 17.0 Å². The Kier molecular flexibility index (Phi) is 3.70. The zero-order valence-corrected chi connectivity index (χ0v) is 10.5. The molecule has 0 aliphatic heterocycles. The molecule has 0 bridgehead atoms. The standard InChI is InChI=1S/C11H20N4O/c1-6-8(3)14-15(9(6)4)10(5)7(2)11(16)13-12/h7,10H,12H2,1-5H3,(H,13,16). The van der Waals surface area contributed by atoms with Crippen LogP contribution in [0.2, 0.25) is 0 Å². The third-order valence-corrected chi connectivity index (χ3v) is 3.35. The summed E-state index contributed by atoms with van der Waals surface area (Å²) in [6.07, 6.45) is 0. The number of nitrogens with one attached hydrogen (secondary N) is 1. The molecule has 3 N–H and O–H groups in total. The second-order valence-electron chi connectivity index (χ2n) is 4.28. The van der Waals surface area contributed by atoms with Gasteiger partial charge < -0.3 is 0 Å². The van der Waals surface area contributed by atoms with Crippen LogP contribution in [0.4, 0.5) is 0 Å². The zero-order chi connectivity index (χ0) is 12.5. The van der Waals surface area contributed by atoms with E-state index < -0.39 is 0 Å². The van der Waals surface area contributed by atoms with Gasteiger partial charge >= 0.3 is 0 Å². The van der Waals surface area contributed by atoms with Gasteiger partial charge in [-0.2, -0.15) is 5.10 Å². The lowest BCUT2D eigenvalue weighted by molar-refractivity contribution is -0.125. The number of carbonyl (C=O) groups is 1. The van der Waals surface area contributed by atoms with Crippen LogP contribution in [0, 0.1) is 26.7 Å². The van der Waals surface area contributed by atoms with Crippen molar-refractivity contribution in [1.82, 2.24) is 15.2 Å². The van der Waals surface area contributed by atoms with Crippen LogP contribution in [0.15, 0.2) is 0 Å². The Morgan fingerprint density at radius 3 is 2.31 bits per heavy atom. The SMILES string of the molecule is Cc1nn(C(C)C(C)C(=O)NN)c(C)c1C. The molecule has 0 saturated heterocycles. The normalized spacial score (nSPS) is 14.6. The Labute approximate surface area is 96.0 Å². The summed E-state index contributed by atoms with van der Waals surface area (Å²) in [6, 6.07) is -0.00375. The van der Waals surface area contributed by atoms with Crippen LogP contribution in [0.1, 0.15) is 36.8 Å². The Hall–Kier alpha value is -1.36. The Balaban J connectivity index is 3.00. The molecule has 1 rings (SSSR count). The highest BCUT2D eigenvalue weighted by molar-refractivity contribution is 5.78. The summed E-state index contributed by atoms with van der Waals surface area (Å²) in [7, 11) is 0. The molecule has 5 heteroatoms. The van der Waals surface area contributed by atoms with Crippen molar-refractivity contribution in [2.45, 2.75) is 40.7 Å². The van der Waals surface area contributed by atoms with Crippen molar-refractivity contribution in [1.29, 1.82) is 0 Å². The highest BCUT2D eigenvalue weighted by Gasteiger charge is 2.23. The molecular formula is C11H20N4O. The highest BCUT2D eigenvalue weighted by Crippen LogP contribution is 2.22. The largest absolute Gasteiger partial charge is 0.294 e. The van der Waals surface area contributed by atoms with Gasteiger partial charge in [-0.05, 0) is 33.3 Å². The van der Waals surface area contributed by atoms with Gasteiger partial charge in [0.25, 0.3) is 0 Å². The molecular weight excluding hydrogens is 204 g/mol. The topological polar surface area (TPSA) is 72.9 Å². The first-order chi connectivity index (χ1) is 7.40. The maximum absolute atomic E-state index is 11.5. The maximum atomic E-state index is 11.5. The van der Waals surface area contributed by atoms with Crippen LogP contribution < -0.4 is 11.3 Å². The average molecular weight is 224 g/mol. The molecule has 5 nitrogen and oxygen atoms in total. The summed E-state index contributed by atoms with van der Waals surface area (Å²) < 4.78 is 1.89. The van der Waals surface area contributed by atoms with Gasteiger partial charge in [0.15, 0.2) is 0 Å². The fraction of sp³-hybridized carbons (Fsp3) is 0.636. The molecule has 2 atom stereocenters. The lowest BCUT2D eigenvalue weighted by Gasteiger charge is -2.20.